The predicted octanol–water partition coefficient (Wildman–Crippen LogP) is 1.67. The van der Waals surface area contributed by atoms with Crippen molar-refractivity contribution in [1.29, 1.82) is 0 Å². The van der Waals surface area contributed by atoms with E-state index in [2.05, 4.69) is 46.7 Å². The minimum absolute atomic E-state index is 0.0256. The van der Waals surface area contributed by atoms with Crippen LogP contribution in [0.4, 0.5) is 0 Å². The summed E-state index contributed by atoms with van der Waals surface area (Å²) in [5.41, 5.74) is 7.14. The largest absolute Gasteiger partial charge is 0.480 e. The topological polar surface area (TPSA) is 69.8 Å². The maximum Gasteiger partial charge on any atom is 0.322 e. The van der Waals surface area contributed by atoms with E-state index >= 15 is 0 Å². The molecule has 0 bridgehead atoms. The molecule has 1 unspecified atom stereocenters. The van der Waals surface area contributed by atoms with Crippen LogP contribution in [-0.4, -0.2) is 64.9 Å². The zero-order valence-electron chi connectivity index (χ0n) is 14.2. The van der Waals surface area contributed by atoms with Gasteiger partial charge in [-0.05, 0) is 16.3 Å². The molecule has 1 aliphatic heterocycles. The summed E-state index contributed by atoms with van der Waals surface area (Å²) in [5.74, 6) is -0.169. The number of benzene rings is 2. The highest BCUT2D eigenvalue weighted by Crippen LogP contribution is 2.22. The van der Waals surface area contributed by atoms with Gasteiger partial charge < -0.3 is 10.8 Å². The first-order chi connectivity index (χ1) is 12.1. The number of hydrogen-bond acceptors (Lipinski definition) is 5. The van der Waals surface area contributed by atoms with Crippen LogP contribution in [-0.2, 0) is 11.3 Å². The van der Waals surface area contributed by atoms with Gasteiger partial charge in [0.1, 0.15) is 6.04 Å². The second-order valence-corrected chi connectivity index (χ2v) is 7.03. The highest BCUT2D eigenvalue weighted by molar-refractivity contribution is 7.80. The number of carbonyl (C=O) groups is 1. The molecule has 0 amide bonds. The van der Waals surface area contributed by atoms with Crippen LogP contribution in [0.3, 0.4) is 0 Å². The fourth-order valence-corrected chi connectivity index (χ4v) is 3.62. The van der Waals surface area contributed by atoms with Crippen LogP contribution in [0.1, 0.15) is 5.56 Å². The van der Waals surface area contributed by atoms with Crippen molar-refractivity contribution in [3.8, 4) is 0 Å². The lowest BCUT2D eigenvalue weighted by Crippen LogP contribution is -2.57. The Hall–Kier alpha value is -1.60. The highest BCUT2D eigenvalue weighted by Gasteiger charge is 2.32. The van der Waals surface area contributed by atoms with Crippen molar-refractivity contribution >= 4 is 29.4 Å². The number of carboxylic acid groups (broad SMARTS) is 1. The minimum Gasteiger partial charge on any atom is -0.480 e. The summed E-state index contributed by atoms with van der Waals surface area (Å²) in [7, 11) is 0. The van der Waals surface area contributed by atoms with E-state index < -0.39 is 12.0 Å². The Balaban J connectivity index is 1.76. The van der Waals surface area contributed by atoms with E-state index in [1.54, 1.807) is 0 Å². The van der Waals surface area contributed by atoms with Crippen molar-refractivity contribution in [1.82, 2.24) is 9.80 Å². The zero-order valence-corrected chi connectivity index (χ0v) is 15.1. The molecule has 0 saturated carbocycles. The highest BCUT2D eigenvalue weighted by atomic mass is 32.1. The molecule has 3 N–H and O–H groups in total. The average molecular weight is 359 g/mol. The van der Waals surface area contributed by atoms with Gasteiger partial charge in [0.05, 0.1) is 0 Å². The van der Waals surface area contributed by atoms with Crippen LogP contribution >= 0.6 is 12.6 Å². The Morgan fingerprint density at radius 3 is 2.76 bits per heavy atom. The molecular weight excluding hydrogens is 334 g/mol. The first-order valence-corrected chi connectivity index (χ1v) is 9.24. The number of nitrogens with zero attached hydrogens (tertiary/aromatic N) is 2. The lowest BCUT2D eigenvalue weighted by atomic mass is 10.0. The van der Waals surface area contributed by atoms with Gasteiger partial charge in [-0.3, -0.25) is 14.6 Å². The summed E-state index contributed by atoms with van der Waals surface area (Å²) in [6.07, 6.45) is 0. The molecule has 134 valence electrons. The van der Waals surface area contributed by atoms with E-state index in [1.165, 1.54) is 16.3 Å². The van der Waals surface area contributed by atoms with Crippen molar-refractivity contribution in [2.24, 2.45) is 5.73 Å². The molecule has 0 aromatic heterocycles. The maximum absolute atomic E-state index is 11.8. The van der Waals surface area contributed by atoms with E-state index in [4.69, 9.17) is 5.73 Å². The summed E-state index contributed by atoms with van der Waals surface area (Å²) in [6, 6.07) is 13.9. The number of fused-ring (bicyclic) bond motifs is 1. The smallest absolute Gasteiger partial charge is 0.322 e. The molecule has 0 aliphatic carbocycles. The van der Waals surface area contributed by atoms with Gasteiger partial charge in [-0.2, -0.15) is 12.6 Å². The SMILES string of the molecule is N[C@@H](CS)CN1CCN(Cc2cccc3ccccc23)C(C(=O)O)C1. The van der Waals surface area contributed by atoms with E-state index in [1.807, 2.05) is 18.2 Å². The Morgan fingerprint density at radius 1 is 1.24 bits per heavy atom. The van der Waals surface area contributed by atoms with Gasteiger partial charge >= 0.3 is 5.97 Å². The minimum atomic E-state index is -0.774. The standard InChI is InChI=1S/C19H25N3O2S/c20-16(13-25)11-21-8-9-22(18(12-21)19(23)24)10-15-6-3-5-14-4-1-2-7-17(14)15/h1-7,16,18,25H,8-13,20H2,(H,23,24)/t16-,18?/m1/s1. The van der Waals surface area contributed by atoms with E-state index in [-0.39, 0.29) is 6.04 Å². The molecule has 5 nitrogen and oxygen atoms in total. The van der Waals surface area contributed by atoms with Gasteiger partial charge in [0, 0.05) is 44.5 Å². The maximum atomic E-state index is 11.8. The van der Waals surface area contributed by atoms with Crippen LogP contribution in [0.5, 0.6) is 0 Å². The van der Waals surface area contributed by atoms with Gasteiger partial charge in [0.2, 0.25) is 0 Å². The van der Waals surface area contributed by atoms with E-state index in [0.717, 1.165) is 13.1 Å². The quantitative estimate of drug-likeness (QED) is 0.685. The monoisotopic (exact) mass is 359 g/mol. The van der Waals surface area contributed by atoms with Gasteiger partial charge in [0.25, 0.3) is 0 Å². The number of hydrogen-bond donors (Lipinski definition) is 3. The van der Waals surface area contributed by atoms with Crippen LogP contribution in [0, 0.1) is 0 Å². The molecule has 1 heterocycles. The van der Waals surface area contributed by atoms with Crippen LogP contribution in [0.25, 0.3) is 10.8 Å². The molecule has 1 saturated heterocycles. The molecule has 2 atom stereocenters. The lowest BCUT2D eigenvalue weighted by molar-refractivity contribution is -0.146. The molecule has 1 aliphatic rings. The third-order valence-electron chi connectivity index (χ3n) is 4.84. The predicted molar refractivity (Wildman–Crippen MR) is 104 cm³/mol. The van der Waals surface area contributed by atoms with Crippen molar-refractivity contribution < 1.29 is 9.90 Å². The van der Waals surface area contributed by atoms with Crippen molar-refractivity contribution in [2.75, 3.05) is 31.9 Å². The van der Waals surface area contributed by atoms with Crippen molar-refractivity contribution in [2.45, 2.75) is 18.6 Å². The van der Waals surface area contributed by atoms with Gasteiger partial charge in [-0.1, -0.05) is 42.5 Å². The Kier molecular flexibility index (Phi) is 5.96. The van der Waals surface area contributed by atoms with Crippen molar-refractivity contribution in [3.05, 3.63) is 48.0 Å². The number of rotatable bonds is 6. The molecule has 3 rings (SSSR count). The fourth-order valence-electron chi connectivity index (χ4n) is 3.50. The first kappa shape index (κ1) is 18.2. The normalized spacial score (nSPS) is 20.6. The number of nitrogens with two attached hydrogens (primary N) is 1. The summed E-state index contributed by atoms with van der Waals surface area (Å²) in [5, 5.41) is 12.1. The lowest BCUT2D eigenvalue weighted by Gasteiger charge is -2.40. The van der Waals surface area contributed by atoms with Crippen LogP contribution in [0.15, 0.2) is 42.5 Å². The zero-order chi connectivity index (χ0) is 17.8. The molecule has 2 aromatic carbocycles. The summed E-state index contributed by atoms with van der Waals surface area (Å²) >= 11 is 4.22. The number of thiol groups is 1. The molecule has 6 heteroatoms. The molecule has 0 spiro atoms. The first-order valence-electron chi connectivity index (χ1n) is 8.60. The third-order valence-corrected chi connectivity index (χ3v) is 5.31. The molecular formula is C19H25N3O2S. The van der Waals surface area contributed by atoms with Gasteiger partial charge in [0.15, 0.2) is 0 Å². The molecule has 2 aromatic rings. The Labute approximate surface area is 153 Å². The van der Waals surface area contributed by atoms with E-state index in [9.17, 15) is 9.90 Å². The second kappa shape index (κ2) is 8.19. The number of piperazine rings is 1. The second-order valence-electron chi connectivity index (χ2n) is 6.67. The van der Waals surface area contributed by atoms with E-state index in [0.29, 0.717) is 25.4 Å². The van der Waals surface area contributed by atoms with Gasteiger partial charge in [-0.25, -0.2) is 0 Å². The van der Waals surface area contributed by atoms with Crippen LogP contribution < -0.4 is 5.73 Å². The average Bonchev–Trinajstić information content (AvgIpc) is 2.63. The Bertz CT molecular complexity index is 734. The Morgan fingerprint density at radius 2 is 2.00 bits per heavy atom. The summed E-state index contributed by atoms with van der Waals surface area (Å²) < 4.78 is 0. The summed E-state index contributed by atoms with van der Waals surface area (Å²) in [6.45, 7) is 3.39. The fraction of sp³-hybridized carbons (Fsp3) is 0.421. The van der Waals surface area contributed by atoms with Gasteiger partial charge in [-0.15, -0.1) is 0 Å². The third kappa shape index (κ3) is 4.33. The molecule has 1 fully saturated rings. The molecule has 25 heavy (non-hydrogen) atoms. The number of aliphatic carboxylic acids is 1. The van der Waals surface area contributed by atoms with Crippen LogP contribution in [0.2, 0.25) is 0 Å². The van der Waals surface area contributed by atoms with Crippen molar-refractivity contribution in [3.63, 3.8) is 0 Å². The molecule has 0 radical (unpaired) electrons. The summed E-state index contributed by atoms with van der Waals surface area (Å²) in [4.78, 5) is 16.0. The number of carboxylic acids is 1.